The molecule has 0 aromatic rings. The lowest BCUT2D eigenvalue weighted by atomic mass is 9.67. The molecule has 0 radical (unpaired) electrons. The van der Waals surface area contributed by atoms with Crippen molar-refractivity contribution < 1.29 is 4.79 Å². The van der Waals surface area contributed by atoms with Gasteiger partial charge in [-0.05, 0) is 31.1 Å². The molecule has 1 aliphatic carbocycles. The smallest absolute Gasteiger partial charge is 0.236 e. The predicted octanol–water partition coefficient (Wildman–Crippen LogP) is 2.20. The van der Waals surface area contributed by atoms with Crippen LogP contribution in [0.5, 0.6) is 0 Å². The Morgan fingerprint density at radius 3 is 2.56 bits per heavy atom. The summed E-state index contributed by atoms with van der Waals surface area (Å²) in [6.07, 6.45) is 7.93. The van der Waals surface area contributed by atoms with Crippen molar-refractivity contribution in [3.8, 4) is 0 Å². The molecule has 3 nitrogen and oxygen atoms in total. The summed E-state index contributed by atoms with van der Waals surface area (Å²) in [5.41, 5.74) is 6.21. The van der Waals surface area contributed by atoms with Gasteiger partial charge in [-0.2, -0.15) is 0 Å². The number of rotatable bonds is 7. The first-order chi connectivity index (χ1) is 7.63. The van der Waals surface area contributed by atoms with Gasteiger partial charge in [0.25, 0.3) is 0 Å². The maximum absolute atomic E-state index is 11.7. The van der Waals surface area contributed by atoms with Gasteiger partial charge in [-0.15, -0.1) is 0 Å². The number of carbonyl (C=O) groups is 1. The molecule has 0 aliphatic heterocycles. The van der Waals surface area contributed by atoms with E-state index in [1.54, 1.807) is 0 Å². The van der Waals surface area contributed by atoms with Crippen LogP contribution in [0.3, 0.4) is 0 Å². The molecule has 1 saturated carbocycles. The number of nitrogens with two attached hydrogens (primary N) is 1. The fraction of sp³-hybridized carbons (Fsp3) is 0.923. The zero-order chi connectivity index (χ0) is 12.0. The van der Waals surface area contributed by atoms with E-state index in [9.17, 15) is 4.79 Å². The summed E-state index contributed by atoms with van der Waals surface area (Å²) in [4.78, 5) is 11.7. The van der Waals surface area contributed by atoms with Gasteiger partial charge in [0.2, 0.25) is 5.91 Å². The van der Waals surface area contributed by atoms with E-state index in [1.165, 1.54) is 19.3 Å². The van der Waals surface area contributed by atoms with E-state index in [0.29, 0.717) is 5.41 Å². The van der Waals surface area contributed by atoms with Crippen molar-refractivity contribution in [2.75, 3.05) is 6.54 Å². The van der Waals surface area contributed by atoms with Gasteiger partial charge in [-0.25, -0.2) is 0 Å². The van der Waals surface area contributed by atoms with Crippen LogP contribution in [0.25, 0.3) is 0 Å². The molecule has 94 valence electrons. The monoisotopic (exact) mass is 226 g/mol. The summed E-state index contributed by atoms with van der Waals surface area (Å²) in [5.74, 6) is 0.0353. The van der Waals surface area contributed by atoms with Gasteiger partial charge < -0.3 is 11.1 Å². The maximum Gasteiger partial charge on any atom is 0.236 e. The van der Waals surface area contributed by atoms with E-state index in [1.807, 2.05) is 0 Å². The average molecular weight is 226 g/mol. The van der Waals surface area contributed by atoms with Crippen molar-refractivity contribution >= 4 is 5.91 Å². The largest absolute Gasteiger partial charge is 0.354 e. The fourth-order valence-corrected chi connectivity index (χ4v) is 2.29. The number of carbonyl (C=O) groups excluding carboxylic acids is 1. The summed E-state index contributed by atoms with van der Waals surface area (Å²) < 4.78 is 0. The molecule has 0 aromatic carbocycles. The summed E-state index contributed by atoms with van der Waals surface area (Å²) in [6.45, 7) is 5.15. The van der Waals surface area contributed by atoms with Crippen molar-refractivity contribution in [2.45, 2.75) is 64.8 Å². The minimum atomic E-state index is -0.311. The SMILES string of the molecule is CCCCC(N)C(=O)NCC1(CC)CCC1. The summed E-state index contributed by atoms with van der Waals surface area (Å²) in [7, 11) is 0. The summed E-state index contributed by atoms with van der Waals surface area (Å²) in [5, 5.41) is 3.02. The van der Waals surface area contributed by atoms with Gasteiger partial charge in [0, 0.05) is 6.54 Å². The Balaban J connectivity index is 2.23. The lowest BCUT2D eigenvalue weighted by Gasteiger charge is -2.41. The first-order valence-electron chi connectivity index (χ1n) is 6.67. The number of unbranched alkanes of at least 4 members (excludes halogenated alkanes) is 1. The minimum absolute atomic E-state index is 0.0353. The second-order valence-electron chi connectivity index (χ2n) is 5.17. The molecular formula is C13H26N2O. The highest BCUT2D eigenvalue weighted by Gasteiger charge is 2.35. The van der Waals surface area contributed by atoms with E-state index >= 15 is 0 Å². The lowest BCUT2D eigenvalue weighted by Crippen LogP contribution is -2.47. The number of nitrogens with one attached hydrogen (secondary N) is 1. The van der Waals surface area contributed by atoms with E-state index in [0.717, 1.165) is 32.2 Å². The Kier molecular flexibility index (Phi) is 5.26. The van der Waals surface area contributed by atoms with Crippen LogP contribution in [0.2, 0.25) is 0 Å². The highest BCUT2D eigenvalue weighted by molar-refractivity contribution is 5.81. The van der Waals surface area contributed by atoms with Gasteiger partial charge in [0.15, 0.2) is 0 Å². The van der Waals surface area contributed by atoms with Crippen LogP contribution in [0.4, 0.5) is 0 Å². The molecule has 0 spiro atoms. The molecule has 0 saturated heterocycles. The van der Waals surface area contributed by atoms with Crippen molar-refractivity contribution in [3.05, 3.63) is 0 Å². The summed E-state index contributed by atoms with van der Waals surface area (Å²) >= 11 is 0. The number of amides is 1. The maximum atomic E-state index is 11.7. The highest BCUT2D eigenvalue weighted by atomic mass is 16.2. The van der Waals surface area contributed by atoms with Crippen molar-refractivity contribution in [2.24, 2.45) is 11.1 Å². The zero-order valence-electron chi connectivity index (χ0n) is 10.7. The van der Waals surface area contributed by atoms with Crippen molar-refractivity contribution in [1.29, 1.82) is 0 Å². The molecule has 3 N–H and O–H groups in total. The van der Waals surface area contributed by atoms with Gasteiger partial charge in [-0.1, -0.05) is 33.1 Å². The van der Waals surface area contributed by atoms with E-state index < -0.39 is 0 Å². The van der Waals surface area contributed by atoms with Crippen LogP contribution in [0, 0.1) is 5.41 Å². The summed E-state index contributed by atoms with van der Waals surface area (Å²) in [6, 6.07) is -0.311. The van der Waals surface area contributed by atoms with Crippen molar-refractivity contribution in [1.82, 2.24) is 5.32 Å². The Labute approximate surface area is 99.2 Å². The molecule has 0 aromatic heterocycles. The van der Waals surface area contributed by atoms with Crippen LogP contribution in [0.1, 0.15) is 58.8 Å². The second-order valence-corrected chi connectivity index (χ2v) is 5.17. The Morgan fingerprint density at radius 1 is 1.44 bits per heavy atom. The van der Waals surface area contributed by atoms with Crippen LogP contribution >= 0.6 is 0 Å². The second kappa shape index (κ2) is 6.24. The quantitative estimate of drug-likeness (QED) is 0.699. The molecular weight excluding hydrogens is 200 g/mol. The van der Waals surface area contributed by atoms with Gasteiger partial charge >= 0.3 is 0 Å². The average Bonchev–Trinajstić information content (AvgIpc) is 2.24. The van der Waals surface area contributed by atoms with Crippen LogP contribution in [-0.2, 0) is 4.79 Å². The topological polar surface area (TPSA) is 55.1 Å². The Bertz CT molecular complexity index is 218. The third-order valence-electron chi connectivity index (χ3n) is 4.01. The first-order valence-corrected chi connectivity index (χ1v) is 6.67. The van der Waals surface area contributed by atoms with Gasteiger partial charge in [-0.3, -0.25) is 4.79 Å². The highest BCUT2D eigenvalue weighted by Crippen LogP contribution is 2.42. The minimum Gasteiger partial charge on any atom is -0.354 e. The van der Waals surface area contributed by atoms with E-state index in [4.69, 9.17) is 5.73 Å². The zero-order valence-corrected chi connectivity index (χ0v) is 10.7. The third-order valence-corrected chi connectivity index (χ3v) is 4.01. The van der Waals surface area contributed by atoms with Crippen molar-refractivity contribution in [3.63, 3.8) is 0 Å². The normalized spacial score (nSPS) is 19.9. The molecule has 1 unspecified atom stereocenters. The van der Waals surface area contributed by atoms with Crippen LogP contribution in [0.15, 0.2) is 0 Å². The molecule has 1 fully saturated rings. The molecule has 1 atom stereocenters. The Morgan fingerprint density at radius 2 is 2.12 bits per heavy atom. The van der Waals surface area contributed by atoms with Gasteiger partial charge in [0.05, 0.1) is 6.04 Å². The molecule has 0 bridgehead atoms. The fourth-order valence-electron chi connectivity index (χ4n) is 2.29. The first kappa shape index (κ1) is 13.5. The lowest BCUT2D eigenvalue weighted by molar-refractivity contribution is -0.123. The predicted molar refractivity (Wildman–Crippen MR) is 67.1 cm³/mol. The van der Waals surface area contributed by atoms with Crippen LogP contribution in [-0.4, -0.2) is 18.5 Å². The van der Waals surface area contributed by atoms with Crippen LogP contribution < -0.4 is 11.1 Å². The molecule has 3 heteroatoms. The molecule has 1 aliphatic rings. The standard InChI is InChI=1S/C13H26N2O/c1-3-5-7-11(14)12(16)15-10-13(4-2)8-6-9-13/h11H,3-10,14H2,1-2H3,(H,15,16). The van der Waals surface area contributed by atoms with E-state index in [-0.39, 0.29) is 11.9 Å². The Hall–Kier alpha value is -0.570. The van der Waals surface area contributed by atoms with Gasteiger partial charge in [0.1, 0.15) is 0 Å². The molecule has 1 rings (SSSR count). The molecule has 16 heavy (non-hydrogen) atoms. The molecule has 0 heterocycles. The number of hydrogen-bond donors (Lipinski definition) is 2. The third kappa shape index (κ3) is 3.48. The molecule has 1 amide bonds. The number of hydrogen-bond acceptors (Lipinski definition) is 2. The van der Waals surface area contributed by atoms with E-state index in [2.05, 4.69) is 19.2 Å².